The van der Waals surface area contributed by atoms with Crippen LogP contribution < -0.4 is 10.5 Å². The van der Waals surface area contributed by atoms with Gasteiger partial charge in [-0.2, -0.15) is 0 Å². The zero-order chi connectivity index (χ0) is 15.4. The maximum Gasteiger partial charge on any atom is 0.255 e. The molecule has 0 radical (unpaired) electrons. The van der Waals surface area contributed by atoms with E-state index >= 15 is 0 Å². The van der Waals surface area contributed by atoms with Gasteiger partial charge in [0.1, 0.15) is 5.75 Å². The summed E-state index contributed by atoms with van der Waals surface area (Å²) in [6.07, 6.45) is 3.96. The molecule has 1 saturated carbocycles. The molecular weight excluding hydrogens is 332 g/mol. The lowest BCUT2D eigenvalue weighted by molar-refractivity contribution is 0.0639. The van der Waals surface area contributed by atoms with Crippen molar-refractivity contribution in [3.8, 4) is 5.75 Å². The van der Waals surface area contributed by atoms with Crippen LogP contribution in [0.4, 0.5) is 0 Å². The molecule has 1 aliphatic carbocycles. The van der Waals surface area contributed by atoms with Crippen molar-refractivity contribution in [2.45, 2.75) is 44.7 Å². The Balaban J connectivity index is 2.20. The predicted octanol–water partition coefficient (Wildman–Crippen LogP) is 3.19. The molecule has 0 bridgehead atoms. The average Bonchev–Trinajstić information content (AvgIpc) is 2.50. The molecule has 2 rings (SSSR count). The van der Waals surface area contributed by atoms with Crippen LogP contribution in [0.1, 0.15) is 43.0 Å². The third-order valence-electron chi connectivity index (χ3n) is 4.19. The minimum atomic E-state index is 0.0590. The third-order valence-corrected chi connectivity index (χ3v) is 4.88. The monoisotopic (exact) mass is 354 g/mol. The van der Waals surface area contributed by atoms with E-state index in [0.717, 1.165) is 30.2 Å². The molecule has 1 aromatic rings. The van der Waals surface area contributed by atoms with E-state index in [2.05, 4.69) is 15.9 Å². The van der Waals surface area contributed by atoms with Gasteiger partial charge in [-0.15, -0.1) is 0 Å². The van der Waals surface area contributed by atoms with Crippen molar-refractivity contribution in [1.82, 2.24) is 4.90 Å². The molecule has 0 aromatic heterocycles. The Morgan fingerprint density at radius 1 is 1.38 bits per heavy atom. The number of hydrogen-bond donors (Lipinski definition) is 1. The molecule has 4 nitrogen and oxygen atoms in total. The number of amides is 1. The average molecular weight is 355 g/mol. The zero-order valence-electron chi connectivity index (χ0n) is 12.6. The Morgan fingerprint density at radius 2 is 2.05 bits per heavy atom. The van der Waals surface area contributed by atoms with Crippen LogP contribution in [0.25, 0.3) is 0 Å². The fraction of sp³-hybridized carbons (Fsp3) is 0.562. The van der Waals surface area contributed by atoms with Gasteiger partial charge >= 0.3 is 0 Å². The van der Waals surface area contributed by atoms with E-state index < -0.39 is 0 Å². The van der Waals surface area contributed by atoms with E-state index in [1.807, 2.05) is 24.0 Å². The number of benzene rings is 1. The first-order chi connectivity index (χ1) is 10.1. The highest BCUT2D eigenvalue weighted by Crippen LogP contribution is 2.27. The van der Waals surface area contributed by atoms with Crippen molar-refractivity contribution >= 4 is 21.8 Å². The van der Waals surface area contributed by atoms with E-state index in [1.54, 1.807) is 13.2 Å². The summed E-state index contributed by atoms with van der Waals surface area (Å²) in [7, 11) is 1.61. The van der Waals surface area contributed by atoms with Crippen molar-refractivity contribution in [3.05, 3.63) is 28.2 Å². The summed E-state index contributed by atoms with van der Waals surface area (Å²) in [5.74, 6) is 0.756. The maximum absolute atomic E-state index is 12.9. The summed E-state index contributed by atoms with van der Waals surface area (Å²) >= 11 is 3.47. The van der Waals surface area contributed by atoms with Crippen LogP contribution in [0.3, 0.4) is 0 Å². The molecule has 0 spiro atoms. The van der Waals surface area contributed by atoms with Gasteiger partial charge in [0.2, 0.25) is 0 Å². The topological polar surface area (TPSA) is 55.6 Å². The fourth-order valence-corrected chi connectivity index (χ4v) is 3.35. The molecule has 5 heteroatoms. The molecule has 0 atom stereocenters. The first-order valence-electron chi connectivity index (χ1n) is 7.46. The van der Waals surface area contributed by atoms with Gasteiger partial charge in [-0.1, -0.05) is 0 Å². The van der Waals surface area contributed by atoms with E-state index in [0.29, 0.717) is 29.9 Å². The number of carbonyl (C=O) groups excluding carboxylic acids is 1. The number of ether oxygens (including phenoxy) is 1. The Labute approximate surface area is 134 Å². The number of carbonyl (C=O) groups is 1. The van der Waals surface area contributed by atoms with Crippen LogP contribution in [-0.2, 0) is 0 Å². The van der Waals surface area contributed by atoms with Gasteiger partial charge in [-0.05, 0) is 66.7 Å². The minimum Gasteiger partial charge on any atom is -0.497 e. The standard InChI is InChI=1S/C16H23BrN2O2/c1-3-19(12-6-4-11(18)5-7-12)16(20)14-10-13(21-2)8-9-15(14)17/h8-12H,3-7,18H2,1-2H3. The molecule has 0 aliphatic heterocycles. The summed E-state index contributed by atoms with van der Waals surface area (Å²) in [6, 6.07) is 6.08. The quantitative estimate of drug-likeness (QED) is 0.903. The number of nitrogens with two attached hydrogens (primary N) is 1. The highest BCUT2D eigenvalue weighted by atomic mass is 79.9. The van der Waals surface area contributed by atoms with E-state index in [9.17, 15) is 4.79 Å². The van der Waals surface area contributed by atoms with Crippen LogP contribution in [0.5, 0.6) is 5.75 Å². The second kappa shape index (κ2) is 7.27. The van der Waals surface area contributed by atoms with Gasteiger partial charge in [0.25, 0.3) is 5.91 Å². The van der Waals surface area contributed by atoms with Crippen LogP contribution in [0.15, 0.2) is 22.7 Å². The summed E-state index contributed by atoms with van der Waals surface area (Å²) in [5, 5.41) is 0. The van der Waals surface area contributed by atoms with E-state index in [1.165, 1.54) is 0 Å². The van der Waals surface area contributed by atoms with Gasteiger partial charge < -0.3 is 15.4 Å². The molecule has 1 fully saturated rings. The highest BCUT2D eigenvalue weighted by molar-refractivity contribution is 9.10. The maximum atomic E-state index is 12.9. The zero-order valence-corrected chi connectivity index (χ0v) is 14.2. The SMILES string of the molecule is CCN(C(=O)c1cc(OC)ccc1Br)C1CCC(N)CC1. The van der Waals surface area contributed by atoms with Gasteiger partial charge in [0, 0.05) is 23.1 Å². The largest absolute Gasteiger partial charge is 0.497 e. The van der Waals surface area contributed by atoms with Crippen LogP contribution in [0, 0.1) is 0 Å². The first kappa shape index (κ1) is 16.3. The number of methoxy groups -OCH3 is 1. The Kier molecular flexibility index (Phi) is 5.65. The molecular formula is C16H23BrN2O2. The number of halogens is 1. The molecule has 1 aliphatic rings. The summed E-state index contributed by atoms with van der Waals surface area (Å²) in [5.41, 5.74) is 6.62. The summed E-state index contributed by atoms with van der Waals surface area (Å²) in [6.45, 7) is 2.74. The highest BCUT2D eigenvalue weighted by Gasteiger charge is 2.28. The molecule has 2 N–H and O–H groups in total. The normalized spacial score (nSPS) is 21.9. The van der Waals surface area contributed by atoms with Gasteiger partial charge in [-0.3, -0.25) is 4.79 Å². The van der Waals surface area contributed by atoms with Crippen LogP contribution in [-0.4, -0.2) is 36.5 Å². The van der Waals surface area contributed by atoms with Crippen molar-refractivity contribution in [2.24, 2.45) is 5.73 Å². The number of hydrogen-bond acceptors (Lipinski definition) is 3. The second-order valence-electron chi connectivity index (χ2n) is 5.51. The van der Waals surface area contributed by atoms with Gasteiger partial charge in [0.15, 0.2) is 0 Å². The lowest BCUT2D eigenvalue weighted by Crippen LogP contribution is -2.44. The lowest BCUT2D eigenvalue weighted by Gasteiger charge is -2.35. The van der Waals surface area contributed by atoms with Crippen LogP contribution >= 0.6 is 15.9 Å². The molecule has 21 heavy (non-hydrogen) atoms. The predicted molar refractivity (Wildman–Crippen MR) is 87.6 cm³/mol. The van der Waals surface area contributed by atoms with Crippen molar-refractivity contribution in [2.75, 3.05) is 13.7 Å². The Bertz CT molecular complexity index is 499. The fourth-order valence-electron chi connectivity index (χ4n) is 2.93. The number of nitrogens with zero attached hydrogens (tertiary/aromatic N) is 1. The Morgan fingerprint density at radius 3 is 2.62 bits per heavy atom. The van der Waals surface area contributed by atoms with Crippen molar-refractivity contribution < 1.29 is 9.53 Å². The molecule has 116 valence electrons. The lowest BCUT2D eigenvalue weighted by atomic mass is 9.90. The van der Waals surface area contributed by atoms with E-state index in [-0.39, 0.29) is 5.91 Å². The molecule has 1 amide bonds. The number of rotatable bonds is 4. The Hall–Kier alpha value is -1.07. The second-order valence-corrected chi connectivity index (χ2v) is 6.36. The van der Waals surface area contributed by atoms with E-state index in [4.69, 9.17) is 10.5 Å². The minimum absolute atomic E-state index is 0.0590. The first-order valence-corrected chi connectivity index (χ1v) is 8.26. The van der Waals surface area contributed by atoms with Gasteiger partial charge in [-0.25, -0.2) is 0 Å². The molecule has 0 heterocycles. The van der Waals surface area contributed by atoms with Gasteiger partial charge in [0.05, 0.1) is 12.7 Å². The summed E-state index contributed by atoms with van der Waals surface area (Å²) in [4.78, 5) is 14.8. The molecule has 1 aromatic carbocycles. The van der Waals surface area contributed by atoms with Crippen LogP contribution in [0.2, 0.25) is 0 Å². The van der Waals surface area contributed by atoms with Crippen molar-refractivity contribution in [3.63, 3.8) is 0 Å². The third kappa shape index (κ3) is 3.77. The molecule has 0 saturated heterocycles. The summed E-state index contributed by atoms with van der Waals surface area (Å²) < 4.78 is 6.03. The smallest absolute Gasteiger partial charge is 0.255 e. The molecule has 0 unspecified atom stereocenters. The van der Waals surface area contributed by atoms with Crippen molar-refractivity contribution in [1.29, 1.82) is 0 Å².